The van der Waals surface area contributed by atoms with E-state index in [0.717, 1.165) is 14.7 Å². The molecule has 0 bridgehead atoms. The van der Waals surface area contributed by atoms with Crippen molar-refractivity contribution in [2.45, 2.75) is 19.9 Å². The fourth-order valence-electron chi connectivity index (χ4n) is 3.90. The lowest BCUT2D eigenvalue weighted by atomic mass is 9.95. The Bertz CT molecular complexity index is 1470. The van der Waals surface area contributed by atoms with Crippen LogP contribution in [0.25, 0.3) is 6.08 Å². The zero-order valence-corrected chi connectivity index (χ0v) is 20.8. The highest BCUT2D eigenvalue weighted by atomic mass is 127. The smallest absolute Gasteiger partial charge is 0.338 e. The predicted molar refractivity (Wildman–Crippen MR) is 132 cm³/mol. The zero-order chi connectivity index (χ0) is 23.1. The van der Waals surface area contributed by atoms with Gasteiger partial charge in [0, 0.05) is 3.57 Å². The highest BCUT2D eigenvalue weighted by molar-refractivity contribution is 14.1. The number of thiazole rings is 1. The second kappa shape index (κ2) is 8.79. The highest BCUT2D eigenvalue weighted by Gasteiger charge is 2.34. The van der Waals surface area contributed by atoms with E-state index in [-0.39, 0.29) is 19.0 Å². The number of fused-ring (bicyclic) bond motifs is 2. The van der Waals surface area contributed by atoms with Crippen molar-refractivity contribution in [3.8, 4) is 11.5 Å². The van der Waals surface area contributed by atoms with Gasteiger partial charge in [0.25, 0.3) is 5.56 Å². The van der Waals surface area contributed by atoms with Crippen molar-refractivity contribution in [2.24, 2.45) is 4.99 Å². The quantitative estimate of drug-likeness (QED) is 0.354. The third-order valence-electron chi connectivity index (χ3n) is 5.40. The Morgan fingerprint density at radius 1 is 1.24 bits per heavy atom. The minimum absolute atomic E-state index is 0.136. The van der Waals surface area contributed by atoms with Crippen LogP contribution >= 0.6 is 33.9 Å². The van der Waals surface area contributed by atoms with Crippen LogP contribution in [0, 0.1) is 3.57 Å². The van der Waals surface area contributed by atoms with Gasteiger partial charge >= 0.3 is 5.97 Å². The summed E-state index contributed by atoms with van der Waals surface area (Å²) in [6, 6.07) is 12.7. The van der Waals surface area contributed by atoms with Gasteiger partial charge in [-0.15, -0.1) is 0 Å². The van der Waals surface area contributed by atoms with Gasteiger partial charge in [0.1, 0.15) is 0 Å². The molecule has 168 valence electrons. The van der Waals surface area contributed by atoms with Gasteiger partial charge in [0.15, 0.2) is 16.3 Å². The molecule has 0 amide bonds. The van der Waals surface area contributed by atoms with Crippen LogP contribution < -0.4 is 24.4 Å². The molecule has 3 heterocycles. The average molecular weight is 574 g/mol. The molecule has 3 aromatic rings. The molecule has 9 heteroatoms. The average Bonchev–Trinajstić information content (AvgIpc) is 3.38. The van der Waals surface area contributed by atoms with Crippen LogP contribution in [0.4, 0.5) is 0 Å². The maximum absolute atomic E-state index is 13.6. The predicted octanol–water partition coefficient (Wildman–Crippen LogP) is 3.13. The first-order chi connectivity index (χ1) is 16.0. The van der Waals surface area contributed by atoms with Crippen LogP contribution in [0.15, 0.2) is 63.5 Å². The summed E-state index contributed by atoms with van der Waals surface area (Å²) in [5, 5.41) is 0. The summed E-state index contributed by atoms with van der Waals surface area (Å²) >= 11 is 3.54. The number of halogens is 1. The molecule has 5 rings (SSSR count). The number of carbonyl (C=O) groups is 1. The monoisotopic (exact) mass is 574 g/mol. The second-order valence-electron chi connectivity index (χ2n) is 7.47. The van der Waals surface area contributed by atoms with Crippen molar-refractivity contribution in [1.82, 2.24) is 4.57 Å². The number of esters is 1. The number of ether oxygens (including phenoxy) is 3. The molecule has 7 nitrogen and oxygen atoms in total. The topological polar surface area (TPSA) is 79.1 Å². The number of rotatable bonds is 4. The third-order valence-corrected chi connectivity index (χ3v) is 7.10. The van der Waals surface area contributed by atoms with Crippen LogP contribution in [-0.4, -0.2) is 23.9 Å². The van der Waals surface area contributed by atoms with Crippen molar-refractivity contribution >= 4 is 46.0 Å². The van der Waals surface area contributed by atoms with Gasteiger partial charge in [-0.3, -0.25) is 9.36 Å². The summed E-state index contributed by atoms with van der Waals surface area (Å²) in [6.45, 7) is 3.87. The van der Waals surface area contributed by atoms with E-state index >= 15 is 0 Å². The fraction of sp³-hybridized carbons (Fsp3) is 0.208. The molecule has 33 heavy (non-hydrogen) atoms. The Balaban J connectivity index is 1.72. The van der Waals surface area contributed by atoms with E-state index in [9.17, 15) is 9.59 Å². The number of aromatic nitrogens is 1. The molecule has 0 aliphatic carbocycles. The molecule has 2 aromatic carbocycles. The molecule has 0 saturated carbocycles. The summed E-state index contributed by atoms with van der Waals surface area (Å²) < 4.78 is 19.5. The van der Waals surface area contributed by atoms with Gasteiger partial charge < -0.3 is 14.2 Å². The Hall–Kier alpha value is -2.92. The Morgan fingerprint density at radius 3 is 2.76 bits per heavy atom. The van der Waals surface area contributed by atoms with Gasteiger partial charge in [0.05, 0.1) is 28.5 Å². The molecule has 0 radical (unpaired) electrons. The first-order valence-electron chi connectivity index (χ1n) is 10.3. The van der Waals surface area contributed by atoms with Crippen molar-refractivity contribution in [3.63, 3.8) is 0 Å². The first-order valence-corrected chi connectivity index (χ1v) is 12.2. The van der Waals surface area contributed by atoms with E-state index in [2.05, 4.69) is 27.6 Å². The van der Waals surface area contributed by atoms with Gasteiger partial charge in [-0.25, -0.2) is 9.79 Å². The van der Waals surface area contributed by atoms with E-state index < -0.39 is 12.0 Å². The number of carbonyl (C=O) groups excluding carboxylic acids is 1. The van der Waals surface area contributed by atoms with Gasteiger partial charge in [0.2, 0.25) is 6.79 Å². The van der Waals surface area contributed by atoms with Crippen LogP contribution in [0.2, 0.25) is 0 Å². The summed E-state index contributed by atoms with van der Waals surface area (Å²) in [6.07, 6.45) is 1.85. The maximum atomic E-state index is 13.6. The van der Waals surface area contributed by atoms with E-state index in [1.807, 2.05) is 36.4 Å². The lowest BCUT2D eigenvalue weighted by molar-refractivity contribution is -0.139. The van der Waals surface area contributed by atoms with Crippen molar-refractivity contribution < 1.29 is 19.0 Å². The number of allylic oxidation sites excluding steroid dienone is 1. The number of nitrogens with zero attached hydrogens (tertiary/aromatic N) is 2. The minimum atomic E-state index is -0.686. The van der Waals surface area contributed by atoms with Crippen LogP contribution in [0.3, 0.4) is 0 Å². The Labute approximate surface area is 206 Å². The summed E-state index contributed by atoms with van der Waals surface area (Å²) in [4.78, 5) is 31.7. The van der Waals surface area contributed by atoms with E-state index in [1.165, 1.54) is 11.3 Å². The largest absolute Gasteiger partial charge is 0.463 e. The van der Waals surface area contributed by atoms with Crippen molar-refractivity contribution in [2.75, 3.05) is 13.4 Å². The molecule has 0 fully saturated rings. The summed E-state index contributed by atoms with van der Waals surface area (Å²) in [7, 11) is 0. The standard InChI is InChI=1S/C24H19IN2O5S/c1-3-30-23(29)20-13(2)26-24-27(21(20)15-6-9-17-18(11-15)32-12-31-17)22(28)19(33-24)10-14-4-7-16(25)8-5-14/h4-11,21H,3,12H2,1-2H3/b19-10-. The molecule has 1 aromatic heterocycles. The highest BCUT2D eigenvalue weighted by Crippen LogP contribution is 2.38. The third kappa shape index (κ3) is 3.99. The van der Waals surface area contributed by atoms with Gasteiger partial charge in [-0.05, 0) is 77.9 Å². The van der Waals surface area contributed by atoms with Crippen LogP contribution in [0.5, 0.6) is 11.5 Å². The van der Waals surface area contributed by atoms with Crippen LogP contribution in [-0.2, 0) is 9.53 Å². The van der Waals surface area contributed by atoms with Crippen molar-refractivity contribution in [1.29, 1.82) is 0 Å². The van der Waals surface area contributed by atoms with Gasteiger partial charge in [-0.2, -0.15) is 0 Å². The molecular weight excluding hydrogens is 555 g/mol. The Kier molecular flexibility index (Phi) is 5.83. The first kappa shape index (κ1) is 21.9. The molecular formula is C24H19IN2O5S. The van der Waals surface area contributed by atoms with E-state index in [4.69, 9.17) is 14.2 Å². The molecule has 1 atom stereocenters. The minimum Gasteiger partial charge on any atom is -0.463 e. The Morgan fingerprint density at radius 2 is 2.00 bits per heavy atom. The van der Waals surface area contributed by atoms with Gasteiger partial charge in [-0.1, -0.05) is 29.5 Å². The maximum Gasteiger partial charge on any atom is 0.338 e. The SMILES string of the molecule is CCOC(=O)C1=C(C)N=c2s/c(=C\c3ccc(I)cc3)c(=O)n2C1c1ccc2c(c1)OCO2. The molecule has 2 aliphatic rings. The number of hydrogen-bond donors (Lipinski definition) is 0. The van der Waals surface area contributed by atoms with E-state index in [0.29, 0.717) is 32.1 Å². The lowest BCUT2D eigenvalue weighted by Gasteiger charge is -2.24. The summed E-state index contributed by atoms with van der Waals surface area (Å²) in [5.74, 6) is 0.711. The molecule has 1 unspecified atom stereocenters. The summed E-state index contributed by atoms with van der Waals surface area (Å²) in [5.41, 5.74) is 2.29. The molecule has 0 N–H and O–H groups in total. The number of hydrogen-bond acceptors (Lipinski definition) is 7. The number of benzene rings is 2. The second-order valence-corrected chi connectivity index (χ2v) is 9.72. The van der Waals surface area contributed by atoms with Crippen molar-refractivity contribution in [3.05, 3.63) is 88.1 Å². The normalized spacial score (nSPS) is 17.1. The lowest BCUT2D eigenvalue weighted by Crippen LogP contribution is -2.39. The molecule has 0 saturated heterocycles. The van der Waals surface area contributed by atoms with E-state index in [1.54, 1.807) is 30.5 Å². The molecule has 2 aliphatic heterocycles. The van der Waals surface area contributed by atoms with Crippen LogP contribution in [0.1, 0.15) is 31.0 Å². The zero-order valence-electron chi connectivity index (χ0n) is 17.8. The fourth-order valence-corrected chi connectivity index (χ4v) is 5.31. The molecule has 0 spiro atoms.